The highest BCUT2D eigenvalue weighted by molar-refractivity contribution is 5.87. The van der Waals surface area contributed by atoms with Crippen LogP contribution in [0.3, 0.4) is 0 Å². The number of amides is 4. The molecule has 4 N–H and O–H groups in total. The van der Waals surface area contributed by atoms with Crippen LogP contribution in [0, 0.1) is 28.6 Å². The minimum absolute atomic E-state index is 0.0643. The Morgan fingerprint density at radius 1 is 1.00 bits per heavy atom. The van der Waals surface area contributed by atoms with Crippen LogP contribution in [0.15, 0.2) is 18.5 Å². The third kappa shape index (κ3) is 4.00. The minimum Gasteiger partial charge on any atom is -0.369 e. The van der Waals surface area contributed by atoms with Crippen LogP contribution < -0.4 is 21.3 Å². The van der Waals surface area contributed by atoms with Gasteiger partial charge in [0, 0.05) is 56.6 Å². The van der Waals surface area contributed by atoms with E-state index in [4.69, 9.17) is 5.73 Å². The molecule has 5 aliphatic carbocycles. The Hall–Kier alpha value is -2.91. The lowest BCUT2D eigenvalue weighted by molar-refractivity contribution is -0.148. The smallest absolute Gasteiger partial charge is 0.317 e. The van der Waals surface area contributed by atoms with Crippen LogP contribution >= 0.6 is 0 Å². The number of anilines is 1. The molecule has 7 rings (SSSR count). The normalized spacial score (nSPS) is 34.4. The zero-order valence-electron chi connectivity index (χ0n) is 20.1. The summed E-state index contributed by atoms with van der Waals surface area (Å²) in [4.78, 5) is 50.8. The average molecular weight is 482 g/mol. The quantitative estimate of drug-likeness (QED) is 0.552. The number of carbonyl (C=O) groups is 3. The first-order valence-corrected chi connectivity index (χ1v) is 13.0. The minimum atomic E-state index is -0.495. The topological polar surface area (TPSA) is 134 Å². The molecule has 35 heavy (non-hydrogen) atoms. The van der Waals surface area contributed by atoms with Crippen molar-refractivity contribution in [1.82, 2.24) is 25.5 Å². The Balaban J connectivity index is 1.01. The number of urea groups is 1. The summed E-state index contributed by atoms with van der Waals surface area (Å²) in [5.41, 5.74) is 4.96. The fourth-order valence-corrected chi connectivity index (χ4v) is 7.42. The number of nitrogens with one attached hydrogen (secondary N) is 2. The van der Waals surface area contributed by atoms with Crippen LogP contribution in [0.4, 0.5) is 10.7 Å². The molecule has 2 atom stereocenters. The molecule has 4 bridgehead atoms. The summed E-state index contributed by atoms with van der Waals surface area (Å²) in [5, 5.41) is 6.40. The van der Waals surface area contributed by atoms with E-state index in [1.165, 1.54) is 0 Å². The molecule has 4 amide bonds. The summed E-state index contributed by atoms with van der Waals surface area (Å²) in [5.74, 6) is 1.85. The molecule has 0 aromatic carbocycles. The van der Waals surface area contributed by atoms with E-state index in [-0.39, 0.29) is 29.3 Å². The molecule has 1 aromatic heterocycles. The van der Waals surface area contributed by atoms with Gasteiger partial charge in [0.05, 0.1) is 5.41 Å². The predicted octanol–water partition coefficient (Wildman–Crippen LogP) is 0.885. The fourth-order valence-electron chi connectivity index (χ4n) is 7.42. The maximum Gasteiger partial charge on any atom is 0.317 e. The van der Waals surface area contributed by atoms with Crippen molar-refractivity contribution in [3.63, 3.8) is 0 Å². The number of nitrogens with zero attached hydrogens (tertiary/aromatic N) is 4. The SMILES string of the molecule is NC(=O)C12CC3CC(C1)C(NC(=O)C1(CNC(=O)N4CCN(c5ncccn5)CC4)CC1)C(C3)C2. The molecule has 0 radical (unpaired) electrons. The lowest BCUT2D eigenvalue weighted by atomic mass is 9.47. The Labute approximate surface area is 205 Å². The summed E-state index contributed by atoms with van der Waals surface area (Å²) in [7, 11) is 0. The summed E-state index contributed by atoms with van der Waals surface area (Å²) in [6, 6.07) is 1.81. The highest BCUT2D eigenvalue weighted by atomic mass is 16.2. The van der Waals surface area contributed by atoms with Gasteiger partial charge in [-0.05, 0) is 68.8 Å². The molecule has 5 saturated carbocycles. The van der Waals surface area contributed by atoms with Gasteiger partial charge in [-0.25, -0.2) is 14.8 Å². The zero-order chi connectivity index (χ0) is 24.2. The lowest BCUT2D eigenvalue weighted by Gasteiger charge is -2.59. The number of hydrogen-bond donors (Lipinski definition) is 3. The molecule has 1 aromatic rings. The summed E-state index contributed by atoms with van der Waals surface area (Å²) >= 11 is 0. The second kappa shape index (κ2) is 8.34. The zero-order valence-corrected chi connectivity index (χ0v) is 20.1. The third-order valence-corrected chi connectivity index (χ3v) is 9.41. The van der Waals surface area contributed by atoms with Crippen LogP contribution in [0.5, 0.6) is 0 Å². The van der Waals surface area contributed by atoms with E-state index in [0.717, 1.165) is 44.9 Å². The van der Waals surface area contributed by atoms with E-state index < -0.39 is 5.41 Å². The number of hydrogen-bond acceptors (Lipinski definition) is 6. The van der Waals surface area contributed by atoms with Crippen molar-refractivity contribution in [3.05, 3.63) is 18.5 Å². The molecular formula is C25H35N7O3. The van der Waals surface area contributed by atoms with Crippen LogP contribution in [-0.4, -0.2) is 71.5 Å². The summed E-state index contributed by atoms with van der Waals surface area (Å²) in [6.45, 7) is 2.92. The van der Waals surface area contributed by atoms with Crippen molar-refractivity contribution in [3.8, 4) is 0 Å². The van der Waals surface area contributed by atoms with Crippen molar-refractivity contribution in [2.45, 2.75) is 51.0 Å². The van der Waals surface area contributed by atoms with Gasteiger partial charge in [0.15, 0.2) is 0 Å². The lowest BCUT2D eigenvalue weighted by Crippen LogP contribution is -2.63. The number of primary amides is 1. The van der Waals surface area contributed by atoms with E-state index in [0.29, 0.717) is 56.4 Å². The first-order valence-electron chi connectivity index (χ1n) is 13.0. The Kier molecular flexibility index (Phi) is 5.37. The number of rotatable bonds is 6. The van der Waals surface area contributed by atoms with E-state index in [1.807, 2.05) is 0 Å². The molecule has 2 unspecified atom stereocenters. The van der Waals surface area contributed by atoms with Gasteiger partial charge >= 0.3 is 6.03 Å². The van der Waals surface area contributed by atoms with Crippen molar-refractivity contribution < 1.29 is 14.4 Å². The highest BCUT2D eigenvalue weighted by Gasteiger charge is 2.59. The molecule has 0 spiro atoms. The molecule has 2 heterocycles. The van der Waals surface area contributed by atoms with Gasteiger partial charge in [0.1, 0.15) is 0 Å². The maximum absolute atomic E-state index is 13.3. The van der Waals surface area contributed by atoms with Crippen LogP contribution in [-0.2, 0) is 9.59 Å². The van der Waals surface area contributed by atoms with Crippen molar-refractivity contribution in [2.24, 2.45) is 34.3 Å². The van der Waals surface area contributed by atoms with Crippen molar-refractivity contribution >= 4 is 23.8 Å². The second-order valence-corrected chi connectivity index (χ2v) is 11.6. The molecule has 1 aliphatic heterocycles. The molecular weight excluding hydrogens is 446 g/mol. The first-order chi connectivity index (χ1) is 16.9. The predicted molar refractivity (Wildman–Crippen MR) is 128 cm³/mol. The Morgan fingerprint density at radius 2 is 1.66 bits per heavy atom. The highest BCUT2D eigenvalue weighted by Crippen LogP contribution is 2.60. The monoisotopic (exact) mass is 481 g/mol. The molecule has 10 nitrogen and oxygen atoms in total. The maximum atomic E-state index is 13.3. The molecule has 188 valence electrons. The summed E-state index contributed by atoms with van der Waals surface area (Å²) < 4.78 is 0. The van der Waals surface area contributed by atoms with Gasteiger partial charge < -0.3 is 26.2 Å². The number of piperazine rings is 1. The van der Waals surface area contributed by atoms with E-state index in [9.17, 15) is 14.4 Å². The molecule has 10 heteroatoms. The van der Waals surface area contributed by atoms with E-state index in [1.54, 1.807) is 23.4 Å². The van der Waals surface area contributed by atoms with Crippen LogP contribution in [0.1, 0.15) is 44.9 Å². The van der Waals surface area contributed by atoms with Gasteiger partial charge in [0.25, 0.3) is 0 Å². The van der Waals surface area contributed by atoms with E-state index >= 15 is 0 Å². The van der Waals surface area contributed by atoms with E-state index in [2.05, 4.69) is 25.5 Å². The van der Waals surface area contributed by atoms with Gasteiger partial charge in [0.2, 0.25) is 17.8 Å². The van der Waals surface area contributed by atoms with Gasteiger partial charge in [-0.2, -0.15) is 0 Å². The van der Waals surface area contributed by atoms with Gasteiger partial charge in [-0.1, -0.05) is 0 Å². The standard InChI is InChI=1S/C25H35N7O3/c26-20(33)25-12-16-10-17(13-25)19(18(11-16)14-25)30-21(34)24(2-3-24)15-29-23(35)32-8-6-31(7-9-32)22-27-4-1-5-28-22/h1,4-5,16-19H,2-3,6-15H2,(H2,26,33)(H,29,35)(H,30,34). The molecule has 6 fully saturated rings. The van der Waals surface area contributed by atoms with Gasteiger partial charge in [-0.3, -0.25) is 9.59 Å². The number of nitrogens with two attached hydrogens (primary N) is 1. The molecule has 6 aliphatic rings. The van der Waals surface area contributed by atoms with Crippen molar-refractivity contribution in [2.75, 3.05) is 37.6 Å². The Morgan fingerprint density at radius 3 is 2.26 bits per heavy atom. The third-order valence-electron chi connectivity index (χ3n) is 9.41. The summed E-state index contributed by atoms with van der Waals surface area (Å²) in [6.07, 6.45) is 9.76. The van der Waals surface area contributed by atoms with Gasteiger partial charge in [-0.15, -0.1) is 0 Å². The second-order valence-electron chi connectivity index (χ2n) is 11.6. The van der Waals surface area contributed by atoms with Crippen LogP contribution in [0.2, 0.25) is 0 Å². The molecule has 1 saturated heterocycles. The average Bonchev–Trinajstić information content (AvgIpc) is 3.66. The number of aromatic nitrogens is 2. The Bertz CT molecular complexity index is 990. The fraction of sp³-hybridized carbons (Fsp3) is 0.720. The van der Waals surface area contributed by atoms with Crippen molar-refractivity contribution in [1.29, 1.82) is 0 Å². The van der Waals surface area contributed by atoms with Crippen LogP contribution in [0.25, 0.3) is 0 Å². The first kappa shape index (κ1) is 22.5. The number of carbonyl (C=O) groups excluding carboxylic acids is 3. The largest absolute Gasteiger partial charge is 0.369 e.